The zero-order chi connectivity index (χ0) is 14.0. The van der Waals surface area contributed by atoms with Crippen molar-refractivity contribution in [3.8, 4) is 0 Å². The van der Waals surface area contributed by atoms with Crippen LogP contribution >= 0.6 is 11.3 Å². The molecule has 1 aromatic heterocycles. The lowest BCUT2D eigenvalue weighted by Gasteiger charge is -2.39. The van der Waals surface area contributed by atoms with E-state index in [0.717, 1.165) is 32.0 Å². The van der Waals surface area contributed by atoms with Gasteiger partial charge in [0.2, 0.25) is 0 Å². The molecule has 0 radical (unpaired) electrons. The van der Waals surface area contributed by atoms with Gasteiger partial charge in [-0.15, -0.1) is 11.3 Å². The molecule has 2 aliphatic rings. The summed E-state index contributed by atoms with van der Waals surface area (Å²) in [5.74, 6) is 0.705. The number of carbonyl (C=O) groups is 1. The molecule has 0 aliphatic heterocycles. The van der Waals surface area contributed by atoms with Gasteiger partial charge in [0.1, 0.15) is 6.29 Å². The van der Waals surface area contributed by atoms with Gasteiger partial charge in [-0.1, -0.05) is 25.8 Å². The first-order valence-electron chi connectivity index (χ1n) is 7.93. The van der Waals surface area contributed by atoms with E-state index in [1.807, 2.05) is 11.3 Å². The highest BCUT2D eigenvalue weighted by Gasteiger charge is 2.40. The van der Waals surface area contributed by atoms with E-state index in [1.54, 1.807) is 0 Å². The van der Waals surface area contributed by atoms with Crippen LogP contribution in [0, 0.1) is 11.3 Å². The van der Waals surface area contributed by atoms with Crippen LogP contribution in [0.5, 0.6) is 0 Å². The summed E-state index contributed by atoms with van der Waals surface area (Å²) < 4.78 is 0. The summed E-state index contributed by atoms with van der Waals surface area (Å²) in [5, 5.41) is 2.15. The Labute approximate surface area is 126 Å². The van der Waals surface area contributed by atoms with Gasteiger partial charge in [0.15, 0.2) is 0 Å². The number of aldehydes is 1. The minimum atomic E-state index is -0.0719. The van der Waals surface area contributed by atoms with Crippen LogP contribution in [0.25, 0.3) is 0 Å². The number of nitrogens with zero attached hydrogens (tertiary/aromatic N) is 1. The Morgan fingerprint density at radius 2 is 2.30 bits per heavy atom. The van der Waals surface area contributed by atoms with E-state index in [9.17, 15) is 4.79 Å². The molecule has 2 unspecified atom stereocenters. The summed E-state index contributed by atoms with van der Waals surface area (Å²) in [7, 11) is 0. The molecule has 0 aromatic carbocycles. The number of thiophene rings is 1. The second kappa shape index (κ2) is 5.98. The molecular weight excluding hydrogens is 266 g/mol. The molecule has 0 amide bonds. The molecule has 2 atom stereocenters. The maximum Gasteiger partial charge on any atom is 0.127 e. The van der Waals surface area contributed by atoms with E-state index in [-0.39, 0.29) is 5.41 Å². The highest BCUT2D eigenvalue weighted by molar-refractivity contribution is 7.09. The highest BCUT2D eigenvalue weighted by Crippen LogP contribution is 2.41. The molecular formula is C17H25NOS. The highest BCUT2D eigenvalue weighted by atomic mass is 32.1. The third-order valence-corrected chi connectivity index (χ3v) is 5.76. The normalized spacial score (nSPS) is 30.6. The molecule has 20 heavy (non-hydrogen) atoms. The average molecular weight is 291 g/mol. The predicted molar refractivity (Wildman–Crippen MR) is 83.9 cm³/mol. The van der Waals surface area contributed by atoms with Crippen molar-refractivity contribution in [3.05, 3.63) is 22.4 Å². The van der Waals surface area contributed by atoms with Gasteiger partial charge >= 0.3 is 0 Å². The Morgan fingerprint density at radius 3 is 2.90 bits per heavy atom. The van der Waals surface area contributed by atoms with E-state index < -0.39 is 0 Å². The Balaban J connectivity index is 1.69. The lowest BCUT2D eigenvalue weighted by molar-refractivity contribution is -0.120. The van der Waals surface area contributed by atoms with Crippen molar-refractivity contribution in [1.82, 2.24) is 4.90 Å². The second-order valence-electron chi connectivity index (χ2n) is 6.90. The lowest BCUT2D eigenvalue weighted by atomic mass is 9.70. The van der Waals surface area contributed by atoms with Crippen LogP contribution in [0.1, 0.15) is 50.3 Å². The lowest BCUT2D eigenvalue weighted by Crippen LogP contribution is -2.42. The molecule has 2 nitrogen and oxygen atoms in total. The maximum absolute atomic E-state index is 11.8. The molecule has 3 rings (SSSR count). The first-order valence-corrected chi connectivity index (χ1v) is 8.81. The number of hydrogen-bond donors (Lipinski definition) is 0. The largest absolute Gasteiger partial charge is 0.303 e. The molecule has 3 heteroatoms. The molecule has 2 fully saturated rings. The first-order chi connectivity index (χ1) is 9.71. The molecule has 2 aliphatic carbocycles. The molecule has 0 saturated heterocycles. The molecule has 0 N–H and O–H groups in total. The van der Waals surface area contributed by atoms with E-state index in [0.29, 0.717) is 5.92 Å². The van der Waals surface area contributed by atoms with Crippen molar-refractivity contribution in [2.75, 3.05) is 6.54 Å². The number of carbonyl (C=O) groups excluding carboxylic acids is 1. The van der Waals surface area contributed by atoms with E-state index in [1.165, 1.54) is 36.8 Å². The van der Waals surface area contributed by atoms with Gasteiger partial charge in [-0.3, -0.25) is 4.90 Å². The Kier molecular flexibility index (Phi) is 4.27. The monoisotopic (exact) mass is 291 g/mol. The fourth-order valence-corrected chi connectivity index (χ4v) is 4.48. The number of hydrogen-bond acceptors (Lipinski definition) is 3. The van der Waals surface area contributed by atoms with Crippen molar-refractivity contribution in [3.63, 3.8) is 0 Å². The fraction of sp³-hybridized carbons (Fsp3) is 0.706. The summed E-state index contributed by atoms with van der Waals surface area (Å²) in [4.78, 5) is 15.8. The van der Waals surface area contributed by atoms with Gasteiger partial charge in [-0.05, 0) is 43.0 Å². The summed E-state index contributed by atoms with van der Waals surface area (Å²) >= 11 is 1.84. The van der Waals surface area contributed by atoms with Crippen molar-refractivity contribution >= 4 is 17.6 Å². The molecule has 2 saturated carbocycles. The summed E-state index contributed by atoms with van der Waals surface area (Å²) in [6.45, 7) is 4.31. The quantitative estimate of drug-likeness (QED) is 0.735. The summed E-state index contributed by atoms with van der Waals surface area (Å²) in [6, 6.07) is 5.08. The van der Waals surface area contributed by atoms with Gasteiger partial charge < -0.3 is 4.79 Å². The van der Waals surface area contributed by atoms with Gasteiger partial charge in [-0.25, -0.2) is 0 Å². The zero-order valence-electron chi connectivity index (χ0n) is 12.4. The van der Waals surface area contributed by atoms with Gasteiger partial charge in [0.05, 0.1) is 0 Å². The van der Waals surface area contributed by atoms with E-state index in [2.05, 4.69) is 29.3 Å². The fourth-order valence-electron chi connectivity index (χ4n) is 3.75. The van der Waals surface area contributed by atoms with Crippen LogP contribution < -0.4 is 0 Å². The van der Waals surface area contributed by atoms with Crippen molar-refractivity contribution in [1.29, 1.82) is 0 Å². The minimum Gasteiger partial charge on any atom is -0.303 e. The summed E-state index contributed by atoms with van der Waals surface area (Å²) in [5.41, 5.74) is -0.0719. The van der Waals surface area contributed by atoms with Crippen LogP contribution in [-0.2, 0) is 11.3 Å². The molecule has 0 bridgehead atoms. The van der Waals surface area contributed by atoms with Crippen LogP contribution in [-0.4, -0.2) is 23.8 Å². The maximum atomic E-state index is 11.8. The first kappa shape index (κ1) is 14.3. The van der Waals surface area contributed by atoms with E-state index >= 15 is 0 Å². The smallest absolute Gasteiger partial charge is 0.127 e. The van der Waals surface area contributed by atoms with Crippen LogP contribution in [0.4, 0.5) is 0 Å². The molecule has 110 valence electrons. The number of rotatable bonds is 6. The minimum absolute atomic E-state index is 0.0719. The molecule has 1 heterocycles. The Hall–Kier alpha value is -0.670. The zero-order valence-corrected chi connectivity index (χ0v) is 13.2. The second-order valence-corrected chi connectivity index (χ2v) is 7.93. The Morgan fingerprint density at radius 1 is 1.45 bits per heavy atom. The van der Waals surface area contributed by atoms with Gasteiger partial charge in [-0.2, -0.15) is 0 Å². The van der Waals surface area contributed by atoms with Crippen molar-refractivity contribution < 1.29 is 4.79 Å². The van der Waals surface area contributed by atoms with Crippen molar-refractivity contribution in [2.45, 2.75) is 58.0 Å². The third kappa shape index (κ3) is 3.32. The van der Waals surface area contributed by atoms with Crippen LogP contribution in [0.3, 0.4) is 0 Å². The topological polar surface area (TPSA) is 20.3 Å². The van der Waals surface area contributed by atoms with Crippen LogP contribution in [0.2, 0.25) is 0 Å². The predicted octanol–water partition coefficient (Wildman–Crippen LogP) is 4.11. The molecule has 1 aromatic rings. The standard InChI is InChI=1S/C17H25NOS/c1-14-4-2-8-17(10-14,13-19)12-18(15-6-7-15)11-16-5-3-9-20-16/h3,5,9,13-15H,2,4,6-8,10-12H2,1H3. The van der Waals surface area contributed by atoms with E-state index in [4.69, 9.17) is 0 Å². The van der Waals surface area contributed by atoms with Crippen molar-refractivity contribution in [2.24, 2.45) is 11.3 Å². The third-order valence-electron chi connectivity index (χ3n) is 4.90. The Bertz CT molecular complexity index is 440. The molecule has 0 spiro atoms. The van der Waals surface area contributed by atoms with Gasteiger partial charge in [0, 0.05) is 29.4 Å². The van der Waals surface area contributed by atoms with Crippen LogP contribution in [0.15, 0.2) is 17.5 Å². The average Bonchev–Trinajstić information content (AvgIpc) is 3.17. The SMILES string of the molecule is CC1CCCC(C=O)(CN(Cc2cccs2)C2CC2)C1. The summed E-state index contributed by atoms with van der Waals surface area (Å²) in [6.07, 6.45) is 8.61. The van der Waals surface area contributed by atoms with Gasteiger partial charge in [0.25, 0.3) is 0 Å².